The number of hydrogen-bond donors (Lipinski definition) is 5. The molecule has 0 aliphatic carbocycles. The summed E-state index contributed by atoms with van der Waals surface area (Å²) in [4.78, 5) is 28.6. The second-order valence-corrected chi connectivity index (χ2v) is 11.1. The summed E-state index contributed by atoms with van der Waals surface area (Å²) in [6.45, 7) is -0.346. The van der Waals surface area contributed by atoms with Gasteiger partial charge in [0.25, 0.3) is 5.91 Å². The summed E-state index contributed by atoms with van der Waals surface area (Å²) < 4.78 is 27.6. The van der Waals surface area contributed by atoms with E-state index in [1.54, 1.807) is 0 Å². The number of hydrogen-bond acceptors (Lipinski definition) is 9. The van der Waals surface area contributed by atoms with Crippen molar-refractivity contribution in [2.75, 3.05) is 25.4 Å². The van der Waals surface area contributed by atoms with Gasteiger partial charge in [-0.05, 0) is 47.8 Å². The minimum Gasteiger partial charge on any atom is -0.504 e. The van der Waals surface area contributed by atoms with Gasteiger partial charge in [-0.25, -0.2) is 8.42 Å². The number of anilines is 1. The van der Waals surface area contributed by atoms with Crippen LogP contribution in [0.2, 0.25) is 0 Å². The number of piperazine rings is 1. The molecule has 0 bridgehead atoms. The molecule has 1 saturated heterocycles. The topological polar surface area (TPSA) is 174 Å². The van der Waals surface area contributed by atoms with Crippen LogP contribution in [0.4, 0.5) is 5.69 Å². The van der Waals surface area contributed by atoms with E-state index in [0.29, 0.717) is 5.69 Å². The number of rotatable bonds is 6. The standard InChI is InChI=1S/C23H24N4O7S2/c24-15-3-5-17(6-4-15)36(33,34)26-7-8-27(23(32)14-10-19(28)21(30)20(29)11-14)18(13-26)22(31)25-12-16-2-1-9-35-16/h1-6,9-11,18,28-30H,7-8,12-13,24H2,(H,25,31). The molecule has 0 spiro atoms. The van der Waals surface area contributed by atoms with E-state index in [1.807, 2.05) is 17.5 Å². The van der Waals surface area contributed by atoms with Crippen molar-refractivity contribution >= 4 is 38.9 Å². The van der Waals surface area contributed by atoms with Crippen molar-refractivity contribution < 1.29 is 33.3 Å². The summed E-state index contributed by atoms with van der Waals surface area (Å²) in [5.41, 5.74) is 5.89. The van der Waals surface area contributed by atoms with Crippen LogP contribution in [0.1, 0.15) is 15.2 Å². The first-order valence-electron chi connectivity index (χ1n) is 10.8. The molecule has 0 radical (unpaired) electrons. The van der Waals surface area contributed by atoms with Crippen molar-refractivity contribution in [3.63, 3.8) is 0 Å². The summed E-state index contributed by atoms with van der Waals surface area (Å²) in [6, 6.07) is 10.1. The molecule has 2 heterocycles. The van der Waals surface area contributed by atoms with Crippen molar-refractivity contribution in [3.8, 4) is 17.2 Å². The molecular weight excluding hydrogens is 508 g/mol. The fourth-order valence-electron chi connectivity index (χ4n) is 3.83. The van der Waals surface area contributed by atoms with Crippen LogP contribution in [0.5, 0.6) is 17.2 Å². The Labute approximate surface area is 211 Å². The van der Waals surface area contributed by atoms with Gasteiger partial charge in [0, 0.05) is 35.8 Å². The van der Waals surface area contributed by atoms with Crippen LogP contribution in [0, 0.1) is 0 Å². The summed E-state index contributed by atoms with van der Waals surface area (Å²) in [6.07, 6.45) is 0. The maximum atomic E-state index is 13.3. The number of amides is 2. The van der Waals surface area contributed by atoms with E-state index in [0.717, 1.165) is 21.3 Å². The number of thiophene rings is 1. The number of carbonyl (C=O) groups is 2. The molecule has 1 aromatic heterocycles. The molecule has 2 amide bonds. The van der Waals surface area contributed by atoms with Crippen molar-refractivity contribution in [1.82, 2.24) is 14.5 Å². The van der Waals surface area contributed by atoms with Crippen LogP contribution >= 0.6 is 11.3 Å². The van der Waals surface area contributed by atoms with Gasteiger partial charge in [0.2, 0.25) is 15.9 Å². The molecule has 1 fully saturated rings. The third-order valence-corrected chi connectivity index (χ3v) is 8.51. The molecule has 1 aliphatic rings. The van der Waals surface area contributed by atoms with Gasteiger partial charge in [-0.15, -0.1) is 11.3 Å². The van der Waals surface area contributed by atoms with Crippen molar-refractivity contribution in [3.05, 3.63) is 64.4 Å². The predicted molar refractivity (Wildman–Crippen MR) is 132 cm³/mol. The highest BCUT2D eigenvalue weighted by molar-refractivity contribution is 7.89. The minimum atomic E-state index is -3.99. The lowest BCUT2D eigenvalue weighted by Crippen LogP contribution is -2.61. The average Bonchev–Trinajstić information content (AvgIpc) is 3.38. The van der Waals surface area contributed by atoms with Crippen LogP contribution in [0.25, 0.3) is 0 Å². The lowest BCUT2D eigenvalue weighted by Gasteiger charge is -2.40. The molecule has 1 unspecified atom stereocenters. The lowest BCUT2D eigenvalue weighted by atomic mass is 10.1. The number of nitrogen functional groups attached to an aromatic ring is 1. The number of carbonyl (C=O) groups excluding carboxylic acids is 2. The van der Waals surface area contributed by atoms with E-state index in [4.69, 9.17) is 5.73 Å². The normalized spacial score (nSPS) is 16.6. The van der Waals surface area contributed by atoms with E-state index >= 15 is 0 Å². The molecule has 6 N–H and O–H groups in total. The first-order valence-corrected chi connectivity index (χ1v) is 13.1. The van der Waals surface area contributed by atoms with E-state index < -0.39 is 45.1 Å². The SMILES string of the molecule is Nc1ccc(S(=O)(=O)N2CCN(C(=O)c3cc(O)c(O)c(O)c3)C(C(=O)NCc3cccs3)C2)cc1. The molecule has 13 heteroatoms. The molecular formula is C23H24N4O7S2. The van der Waals surface area contributed by atoms with Crippen LogP contribution in [0.3, 0.4) is 0 Å². The van der Waals surface area contributed by atoms with Gasteiger partial charge in [0.05, 0.1) is 11.4 Å². The zero-order valence-corrected chi connectivity index (χ0v) is 20.5. The summed E-state index contributed by atoms with van der Waals surface area (Å²) in [5, 5.41) is 33.9. The predicted octanol–water partition coefficient (Wildman–Crippen LogP) is 1.28. The third kappa shape index (κ3) is 5.08. The van der Waals surface area contributed by atoms with Crippen LogP contribution in [0.15, 0.2) is 58.8 Å². The Morgan fingerprint density at radius 3 is 2.33 bits per heavy atom. The molecule has 0 saturated carbocycles. The molecule has 11 nitrogen and oxygen atoms in total. The van der Waals surface area contributed by atoms with E-state index in [-0.39, 0.29) is 36.6 Å². The highest BCUT2D eigenvalue weighted by Gasteiger charge is 2.40. The van der Waals surface area contributed by atoms with Gasteiger partial charge in [0.1, 0.15) is 6.04 Å². The maximum absolute atomic E-state index is 13.3. The molecule has 4 rings (SSSR count). The van der Waals surface area contributed by atoms with Crippen molar-refractivity contribution in [2.24, 2.45) is 0 Å². The Bertz CT molecular complexity index is 1350. The van der Waals surface area contributed by atoms with Crippen LogP contribution < -0.4 is 11.1 Å². The number of nitrogens with zero attached hydrogens (tertiary/aromatic N) is 2. The molecule has 1 aliphatic heterocycles. The first-order chi connectivity index (χ1) is 17.1. The average molecular weight is 533 g/mol. The van der Waals surface area contributed by atoms with Gasteiger partial charge in [-0.1, -0.05) is 6.07 Å². The highest BCUT2D eigenvalue weighted by atomic mass is 32.2. The van der Waals surface area contributed by atoms with Crippen LogP contribution in [-0.2, 0) is 21.4 Å². The number of aromatic hydroxyl groups is 3. The van der Waals surface area contributed by atoms with E-state index in [9.17, 15) is 33.3 Å². The molecule has 2 aromatic carbocycles. The smallest absolute Gasteiger partial charge is 0.254 e. The second kappa shape index (κ2) is 10.0. The lowest BCUT2D eigenvalue weighted by molar-refractivity contribution is -0.127. The number of nitrogens with one attached hydrogen (secondary N) is 1. The molecule has 1 atom stereocenters. The van der Waals surface area contributed by atoms with Gasteiger partial charge < -0.3 is 31.3 Å². The number of phenols is 3. The second-order valence-electron chi connectivity index (χ2n) is 8.11. The third-order valence-electron chi connectivity index (χ3n) is 5.76. The van der Waals surface area contributed by atoms with Gasteiger partial charge >= 0.3 is 0 Å². The Kier molecular flexibility index (Phi) is 7.06. The maximum Gasteiger partial charge on any atom is 0.254 e. The number of nitrogens with two attached hydrogens (primary N) is 1. The molecule has 36 heavy (non-hydrogen) atoms. The van der Waals surface area contributed by atoms with Crippen molar-refractivity contribution in [1.29, 1.82) is 0 Å². The highest BCUT2D eigenvalue weighted by Crippen LogP contribution is 2.36. The largest absolute Gasteiger partial charge is 0.504 e. The summed E-state index contributed by atoms with van der Waals surface area (Å²) >= 11 is 1.43. The Morgan fingerprint density at radius 2 is 1.72 bits per heavy atom. The quantitative estimate of drug-likeness (QED) is 0.233. The first kappa shape index (κ1) is 25.3. The van der Waals surface area contributed by atoms with Gasteiger partial charge in [-0.2, -0.15) is 4.31 Å². The van der Waals surface area contributed by atoms with E-state index in [1.165, 1.54) is 40.5 Å². The monoisotopic (exact) mass is 532 g/mol. The summed E-state index contributed by atoms with van der Waals surface area (Å²) in [5.74, 6) is -3.48. The fraction of sp³-hybridized carbons (Fsp3) is 0.217. The fourth-order valence-corrected chi connectivity index (χ4v) is 5.91. The Morgan fingerprint density at radius 1 is 1.06 bits per heavy atom. The number of phenolic OH excluding ortho intramolecular Hbond substituents is 3. The summed E-state index contributed by atoms with van der Waals surface area (Å²) in [7, 11) is -3.99. The Balaban J connectivity index is 1.62. The zero-order chi connectivity index (χ0) is 26.0. The number of sulfonamides is 1. The molecule has 3 aromatic rings. The Hall–Kier alpha value is -3.81. The minimum absolute atomic E-state index is 0.00241. The van der Waals surface area contributed by atoms with Gasteiger partial charge in [0.15, 0.2) is 17.2 Å². The zero-order valence-electron chi connectivity index (χ0n) is 18.9. The van der Waals surface area contributed by atoms with E-state index in [2.05, 4.69) is 5.32 Å². The van der Waals surface area contributed by atoms with Crippen LogP contribution in [-0.4, -0.2) is 70.4 Å². The molecule has 190 valence electrons. The number of benzene rings is 2. The van der Waals surface area contributed by atoms with Crippen molar-refractivity contribution in [2.45, 2.75) is 17.5 Å². The van der Waals surface area contributed by atoms with Gasteiger partial charge in [-0.3, -0.25) is 9.59 Å².